The van der Waals surface area contributed by atoms with Crippen LogP contribution >= 0.6 is 0 Å². The number of hydrogen-bond acceptors (Lipinski definition) is 7. The Labute approximate surface area is 213 Å². The summed E-state index contributed by atoms with van der Waals surface area (Å²) in [4.78, 5) is 26.9. The zero-order chi connectivity index (χ0) is 26.8. The Morgan fingerprint density at radius 2 is 1.94 bits per heavy atom. The van der Waals surface area contributed by atoms with Crippen LogP contribution in [0.4, 0.5) is 0 Å². The minimum Gasteiger partial charge on any atom is -0.490 e. The monoisotopic (exact) mass is 502 g/mol. The molecule has 0 aromatic heterocycles. The Morgan fingerprint density at radius 1 is 1.17 bits per heavy atom. The topological polar surface area (TPSA) is 147 Å². The zero-order valence-electron chi connectivity index (χ0n) is 21.8. The molecule has 11 nitrogen and oxygen atoms in total. The third-order valence-electron chi connectivity index (χ3n) is 4.46. The Balaban J connectivity index is 2.46. The first-order chi connectivity index (χ1) is 17.1. The van der Waals surface area contributed by atoms with Crippen molar-refractivity contribution >= 4 is 11.8 Å². The lowest BCUT2D eigenvalue weighted by atomic mass is 10.2. The van der Waals surface area contributed by atoms with Crippen molar-refractivity contribution < 1.29 is 23.8 Å². The van der Waals surface area contributed by atoms with Gasteiger partial charge in [-0.1, -0.05) is 50.7 Å². The largest absolute Gasteiger partial charge is 0.490 e. The molecule has 1 aromatic rings. The van der Waals surface area contributed by atoms with Crippen molar-refractivity contribution in [2.24, 2.45) is 11.0 Å². The molecule has 0 aliphatic carbocycles. The van der Waals surface area contributed by atoms with Crippen molar-refractivity contribution in [1.29, 1.82) is 0 Å². The van der Waals surface area contributed by atoms with Crippen LogP contribution in [0.15, 0.2) is 29.4 Å². The fourth-order valence-electron chi connectivity index (χ4n) is 2.71. The van der Waals surface area contributed by atoms with Crippen LogP contribution in [0, 0.1) is 17.8 Å². The smallest absolute Gasteiger partial charge is 0.251 e. The van der Waals surface area contributed by atoms with E-state index in [1.54, 1.807) is 31.2 Å². The summed E-state index contributed by atoms with van der Waals surface area (Å²) in [7, 11) is 0. The van der Waals surface area contributed by atoms with Crippen molar-refractivity contribution in [2.45, 2.75) is 46.4 Å². The number of amides is 2. The number of carbonyl (C=O) groups excluding carboxylic acids is 2. The molecule has 0 radical (unpaired) electrons. The molecule has 0 aliphatic heterocycles. The van der Waals surface area contributed by atoms with Crippen molar-refractivity contribution in [3.05, 3.63) is 40.3 Å². The van der Waals surface area contributed by atoms with E-state index in [0.29, 0.717) is 30.4 Å². The SMILES string of the molecule is CC(C)C#CCNC(=O)COCCOC(C)(COc1cccc(C(=O)NCCNC(C)C)c1)N=[N+]=[N-]. The van der Waals surface area contributed by atoms with Gasteiger partial charge in [0, 0.05) is 35.5 Å². The summed E-state index contributed by atoms with van der Waals surface area (Å²) in [5.74, 6) is 5.99. The van der Waals surface area contributed by atoms with E-state index in [2.05, 4.69) is 37.8 Å². The van der Waals surface area contributed by atoms with Crippen LogP contribution in [0.5, 0.6) is 5.75 Å². The summed E-state index contributed by atoms with van der Waals surface area (Å²) >= 11 is 0. The quantitative estimate of drug-likeness (QED) is 0.104. The van der Waals surface area contributed by atoms with Crippen LogP contribution in [0.1, 0.15) is 45.0 Å². The average molecular weight is 503 g/mol. The number of nitrogens with zero attached hydrogens (tertiary/aromatic N) is 3. The lowest BCUT2D eigenvalue weighted by Crippen LogP contribution is -2.35. The first kappa shape index (κ1) is 30.7. The number of nitrogens with one attached hydrogen (secondary N) is 3. The van der Waals surface area contributed by atoms with Gasteiger partial charge >= 0.3 is 0 Å². The molecule has 0 spiro atoms. The van der Waals surface area contributed by atoms with E-state index in [4.69, 9.17) is 19.7 Å². The normalized spacial score (nSPS) is 12.2. The van der Waals surface area contributed by atoms with Gasteiger partial charge in [-0.25, -0.2) is 0 Å². The fraction of sp³-hybridized carbons (Fsp3) is 0.600. The molecule has 2 amide bonds. The summed E-state index contributed by atoms with van der Waals surface area (Å²) in [6.45, 7) is 11.0. The van der Waals surface area contributed by atoms with Gasteiger partial charge in [0.05, 0.1) is 19.8 Å². The Hall–Kier alpha value is -3.29. The van der Waals surface area contributed by atoms with Crippen molar-refractivity contribution in [3.8, 4) is 17.6 Å². The van der Waals surface area contributed by atoms with E-state index in [0.717, 1.165) is 0 Å². The molecular weight excluding hydrogens is 464 g/mol. The molecule has 1 atom stereocenters. The van der Waals surface area contributed by atoms with E-state index >= 15 is 0 Å². The van der Waals surface area contributed by atoms with Gasteiger partial charge in [0.2, 0.25) is 5.91 Å². The molecule has 0 saturated heterocycles. The van der Waals surface area contributed by atoms with Crippen molar-refractivity contribution in [3.63, 3.8) is 0 Å². The van der Waals surface area contributed by atoms with Gasteiger partial charge < -0.3 is 30.2 Å². The van der Waals surface area contributed by atoms with Gasteiger partial charge in [-0.05, 0) is 30.7 Å². The predicted molar refractivity (Wildman–Crippen MR) is 137 cm³/mol. The van der Waals surface area contributed by atoms with E-state index in [-0.39, 0.29) is 50.7 Å². The van der Waals surface area contributed by atoms with Crippen LogP contribution in [0.25, 0.3) is 10.4 Å². The van der Waals surface area contributed by atoms with E-state index in [1.807, 2.05) is 27.7 Å². The van der Waals surface area contributed by atoms with Gasteiger partial charge in [0.1, 0.15) is 19.0 Å². The van der Waals surface area contributed by atoms with E-state index in [1.165, 1.54) is 0 Å². The van der Waals surface area contributed by atoms with Crippen LogP contribution in [0.2, 0.25) is 0 Å². The Morgan fingerprint density at radius 3 is 2.64 bits per heavy atom. The summed E-state index contributed by atoms with van der Waals surface area (Å²) < 4.78 is 16.7. The summed E-state index contributed by atoms with van der Waals surface area (Å²) in [6.07, 6.45) is 0. The van der Waals surface area contributed by atoms with Gasteiger partial charge in [0.15, 0.2) is 5.72 Å². The second kappa shape index (κ2) is 17.2. The third kappa shape index (κ3) is 14.2. The lowest BCUT2D eigenvalue weighted by molar-refractivity contribution is -0.127. The lowest BCUT2D eigenvalue weighted by Gasteiger charge is -2.24. The second-order valence-corrected chi connectivity index (χ2v) is 8.70. The standard InChI is InChI=1S/C25H38N6O5/c1-19(2)8-7-11-28-23(32)17-34-14-15-36-25(5,30-31-26)18-35-22-10-6-9-21(16-22)24(33)29-13-12-27-20(3)4/h6,9-10,16,19-20,27H,11-15,17-18H2,1-5H3,(H,28,32)(H,29,33). The minimum atomic E-state index is -1.31. The zero-order valence-corrected chi connectivity index (χ0v) is 21.8. The average Bonchev–Trinajstić information content (AvgIpc) is 2.83. The molecule has 198 valence electrons. The molecule has 36 heavy (non-hydrogen) atoms. The predicted octanol–water partition coefficient (Wildman–Crippen LogP) is 2.63. The molecular formula is C25H38N6O5. The van der Waals surface area contributed by atoms with Crippen LogP contribution < -0.4 is 20.7 Å². The highest BCUT2D eigenvalue weighted by Gasteiger charge is 2.25. The molecule has 3 N–H and O–H groups in total. The highest BCUT2D eigenvalue weighted by atomic mass is 16.6. The first-order valence-electron chi connectivity index (χ1n) is 11.9. The number of azide groups is 1. The third-order valence-corrected chi connectivity index (χ3v) is 4.46. The number of hydrogen-bond donors (Lipinski definition) is 3. The van der Waals surface area contributed by atoms with Gasteiger partial charge in [-0.15, -0.1) is 0 Å². The number of rotatable bonds is 16. The van der Waals surface area contributed by atoms with E-state index in [9.17, 15) is 9.59 Å². The number of benzene rings is 1. The fourth-order valence-corrected chi connectivity index (χ4v) is 2.71. The molecule has 0 heterocycles. The molecule has 0 aliphatic rings. The number of ether oxygens (including phenoxy) is 3. The first-order valence-corrected chi connectivity index (χ1v) is 11.9. The maximum Gasteiger partial charge on any atom is 0.251 e. The van der Waals surface area contributed by atoms with Gasteiger partial charge in [-0.2, -0.15) is 0 Å². The molecule has 1 aromatic carbocycles. The summed E-state index contributed by atoms with van der Waals surface area (Å²) in [6, 6.07) is 7.04. The highest BCUT2D eigenvalue weighted by Crippen LogP contribution is 2.19. The number of carbonyl (C=O) groups is 2. The Kier molecular flexibility index (Phi) is 14.7. The molecule has 1 unspecified atom stereocenters. The summed E-state index contributed by atoms with van der Waals surface area (Å²) in [5, 5.41) is 12.4. The van der Waals surface area contributed by atoms with E-state index < -0.39 is 5.72 Å². The van der Waals surface area contributed by atoms with Gasteiger partial charge in [0.25, 0.3) is 5.91 Å². The second-order valence-electron chi connectivity index (χ2n) is 8.70. The molecule has 1 rings (SSSR count). The molecule has 0 fully saturated rings. The summed E-state index contributed by atoms with van der Waals surface area (Å²) in [5.41, 5.74) is 8.07. The minimum absolute atomic E-state index is 0.0756. The highest BCUT2D eigenvalue weighted by molar-refractivity contribution is 5.94. The van der Waals surface area contributed by atoms with Crippen molar-refractivity contribution in [2.75, 3.05) is 46.1 Å². The van der Waals surface area contributed by atoms with Crippen molar-refractivity contribution in [1.82, 2.24) is 16.0 Å². The van der Waals surface area contributed by atoms with Crippen LogP contribution in [0.3, 0.4) is 0 Å². The molecule has 0 saturated carbocycles. The van der Waals surface area contributed by atoms with Crippen LogP contribution in [-0.4, -0.2) is 69.6 Å². The molecule has 0 bridgehead atoms. The maximum atomic E-state index is 12.4. The van der Waals surface area contributed by atoms with Gasteiger partial charge in [-0.3, -0.25) is 9.59 Å². The molecule has 11 heteroatoms. The van der Waals surface area contributed by atoms with Crippen LogP contribution in [-0.2, 0) is 14.3 Å². The maximum absolute atomic E-state index is 12.4. The Bertz CT molecular complexity index is 936.